The molecular formula is C13H23N3S. The van der Waals surface area contributed by atoms with Crippen molar-refractivity contribution in [1.29, 1.82) is 0 Å². The lowest BCUT2D eigenvalue weighted by Gasteiger charge is -2.17. The third-order valence-electron chi connectivity index (χ3n) is 3.35. The van der Waals surface area contributed by atoms with Gasteiger partial charge in [0.2, 0.25) is 0 Å². The van der Waals surface area contributed by atoms with Gasteiger partial charge in [0, 0.05) is 10.9 Å². The van der Waals surface area contributed by atoms with Crippen LogP contribution in [0.3, 0.4) is 0 Å². The van der Waals surface area contributed by atoms with Crippen molar-refractivity contribution in [2.45, 2.75) is 52.1 Å². The molecular weight excluding hydrogens is 230 g/mol. The van der Waals surface area contributed by atoms with Gasteiger partial charge in [-0.2, -0.15) is 0 Å². The number of nitrogens with two attached hydrogens (primary N) is 1. The van der Waals surface area contributed by atoms with E-state index in [0.717, 1.165) is 12.2 Å². The van der Waals surface area contributed by atoms with Crippen molar-refractivity contribution in [3.05, 3.63) is 15.6 Å². The fraction of sp³-hybridized carbons (Fsp3) is 0.769. The van der Waals surface area contributed by atoms with Gasteiger partial charge in [-0.15, -0.1) is 11.3 Å². The summed E-state index contributed by atoms with van der Waals surface area (Å²) in [5, 5.41) is 1.23. The van der Waals surface area contributed by atoms with Crippen molar-refractivity contribution in [3.63, 3.8) is 0 Å². The van der Waals surface area contributed by atoms with Crippen molar-refractivity contribution < 1.29 is 0 Å². The minimum Gasteiger partial charge on any atom is -0.323 e. The second-order valence-corrected chi connectivity index (χ2v) is 6.15. The number of likely N-dealkylation sites (tertiary alicyclic amines) is 1. The van der Waals surface area contributed by atoms with Crippen molar-refractivity contribution in [2.24, 2.45) is 5.73 Å². The summed E-state index contributed by atoms with van der Waals surface area (Å²) in [5.41, 5.74) is 7.06. The van der Waals surface area contributed by atoms with Gasteiger partial charge in [0.15, 0.2) is 0 Å². The van der Waals surface area contributed by atoms with Crippen molar-refractivity contribution in [2.75, 3.05) is 13.1 Å². The van der Waals surface area contributed by atoms with E-state index in [1.807, 2.05) is 6.92 Å². The Labute approximate surface area is 108 Å². The number of rotatable bonds is 3. The monoisotopic (exact) mass is 253 g/mol. The van der Waals surface area contributed by atoms with Gasteiger partial charge in [-0.05, 0) is 39.8 Å². The largest absolute Gasteiger partial charge is 0.323 e. The number of nitrogens with zero attached hydrogens (tertiary/aromatic N) is 2. The second kappa shape index (κ2) is 5.94. The van der Waals surface area contributed by atoms with E-state index in [9.17, 15) is 0 Å². The first-order valence-corrected chi connectivity index (χ1v) is 7.42. The summed E-state index contributed by atoms with van der Waals surface area (Å²) < 4.78 is 0. The first-order chi connectivity index (χ1) is 8.16. The Morgan fingerprint density at radius 3 is 2.47 bits per heavy atom. The molecule has 4 heteroatoms. The Bertz CT molecular complexity index is 352. The van der Waals surface area contributed by atoms with Gasteiger partial charge in [0.25, 0.3) is 0 Å². The second-order valence-electron chi connectivity index (χ2n) is 5.04. The number of hydrogen-bond acceptors (Lipinski definition) is 4. The molecule has 2 rings (SSSR count). The zero-order chi connectivity index (χ0) is 12.3. The van der Waals surface area contributed by atoms with Crippen LogP contribution in [0, 0.1) is 6.92 Å². The number of aromatic nitrogens is 1. The predicted molar refractivity (Wildman–Crippen MR) is 73.2 cm³/mol. The summed E-state index contributed by atoms with van der Waals surface area (Å²) in [6.45, 7) is 7.58. The van der Waals surface area contributed by atoms with Crippen LogP contribution >= 0.6 is 11.3 Å². The lowest BCUT2D eigenvalue weighted by atomic mass is 10.2. The summed E-state index contributed by atoms with van der Waals surface area (Å²) in [5.74, 6) is 0. The van der Waals surface area contributed by atoms with Crippen LogP contribution in [0.5, 0.6) is 0 Å². The van der Waals surface area contributed by atoms with Crippen LogP contribution in [0.15, 0.2) is 0 Å². The highest BCUT2D eigenvalue weighted by atomic mass is 32.1. The third-order valence-corrected chi connectivity index (χ3v) is 4.69. The average Bonchev–Trinajstić information content (AvgIpc) is 2.50. The van der Waals surface area contributed by atoms with Gasteiger partial charge in [-0.25, -0.2) is 4.98 Å². The molecule has 0 radical (unpaired) electrons. The molecule has 1 aliphatic rings. The summed E-state index contributed by atoms with van der Waals surface area (Å²) in [6, 6.07) is 0.116. The molecule has 1 fully saturated rings. The maximum absolute atomic E-state index is 5.94. The van der Waals surface area contributed by atoms with E-state index in [4.69, 9.17) is 5.73 Å². The third kappa shape index (κ3) is 3.50. The standard InChI is InChI=1S/C13H23N3S/c1-10(14)13-11(2)15-12(17-13)9-16-7-5-3-4-6-8-16/h10H,3-9,14H2,1-2H3. The van der Waals surface area contributed by atoms with Gasteiger partial charge < -0.3 is 5.73 Å². The van der Waals surface area contributed by atoms with E-state index in [0.29, 0.717) is 0 Å². The molecule has 0 saturated carbocycles. The van der Waals surface area contributed by atoms with Crippen LogP contribution in [0.4, 0.5) is 0 Å². The summed E-state index contributed by atoms with van der Waals surface area (Å²) in [7, 11) is 0. The minimum atomic E-state index is 0.116. The fourth-order valence-corrected chi connectivity index (χ4v) is 3.50. The van der Waals surface area contributed by atoms with E-state index >= 15 is 0 Å². The molecule has 1 unspecified atom stereocenters. The maximum atomic E-state index is 5.94. The van der Waals surface area contributed by atoms with E-state index in [1.165, 1.54) is 48.7 Å². The Morgan fingerprint density at radius 2 is 1.94 bits per heavy atom. The van der Waals surface area contributed by atoms with E-state index in [2.05, 4.69) is 16.8 Å². The van der Waals surface area contributed by atoms with Crippen molar-refractivity contribution in [1.82, 2.24) is 9.88 Å². The predicted octanol–water partition coefficient (Wildman–Crippen LogP) is 2.85. The highest BCUT2D eigenvalue weighted by Crippen LogP contribution is 2.25. The van der Waals surface area contributed by atoms with Crippen LogP contribution in [0.25, 0.3) is 0 Å². The van der Waals surface area contributed by atoms with Crippen LogP contribution in [-0.2, 0) is 6.54 Å². The van der Waals surface area contributed by atoms with E-state index in [-0.39, 0.29) is 6.04 Å². The molecule has 1 saturated heterocycles. The minimum absolute atomic E-state index is 0.116. The molecule has 1 aromatic rings. The summed E-state index contributed by atoms with van der Waals surface area (Å²) in [4.78, 5) is 8.44. The number of thiazole rings is 1. The molecule has 0 aliphatic carbocycles. The molecule has 0 aromatic carbocycles. The zero-order valence-corrected chi connectivity index (χ0v) is 11.7. The molecule has 17 heavy (non-hydrogen) atoms. The molecule has 0 amide bonds. The number of aryl methyl sites for hydroxylation is 1. The highest BCUT2D eigenvalue weighted by molar-refractivity contribution is 7.11. The molecule has 0 spiro atoms. The smallest absolute Gasteiger partial charge is 0.107 e. The average molecular weight is 253 g/mol. The molecule has 96 valence electrons. The SMILES string of the molecule is Cc1nc(CN2CCCCCC2)sc1C(C)N. The maximum Gasteiger partial charge on any atom is 0.107 e. The quantitative estimate of drug-likeness (QED) is 0.900. The highest BCUT2D eigenvalue weighted by Gasteiger charge is 2.15. The number of hydrogen-bond donors (Lipinski definition) is 1. The van der Waals surface area contributed by atoms with Gasteiger partial charge in [0.05, 0.1) is 12.2 Å². The van der Waals surface area contributed by atoms with Crippen LogP contribution in [-0.4, -0.2) is 23.0 Å². The Kier molecular flexibility index (Phi) is 4.54. The molecule has 1 aliphatic heterocycles. The Morgan fingerprint density at radius 1 is 1.29 bits per heavy atom. The van der Waals surface area contributed by atoms with Gasteiger partial charge in [-0.1, -0.05) is 12.8 Å². The first kappa shape index (κ1) is 13.0. The summed E-state index contributed by atoms with van der Waals surface area (Å²) >= 11 is 1.79. The lowest BCUT2D eigenvalue weighted by Crippen LogP contribution is -2.23. The molecule has 0 bridgehead atoms. The normalized spacial score (nSPS) is 20.2. The molecule has 2 heterocycles. The van der Waals surface area contributed by atoms with Crippen LogP contribution < -0.4 is 5.73 Å². The molecule has 1 aromatic heterocycles. The lowest BCUT2D eigenvalue weighted by molar-refractivity contribution is 0.276. The zero-order valence-electron chi connectivity index (χ0n) is 10.9. The molecule has 3 nitrogen and oxygen atoms in total. The van der Waals surface area contributed by atoms with Crippen LogP contribution in [0.1, 0.15) is 54.2 Å². The Hall–Kier alpha value is -0.450. The van der Waals surface area contributed by atoms with E-state index < -0.39 is 0 Å². The first-order valence-electron chi connectivity index (χ1n) is 6.61. The molecule has 2 N–H and O–H groups in total. The Balaban J connectivity index is 2.00. The van der Waals surface area contributed by atoms with E-state index in [1.54, 1.807) is 11.3 Å². The van der Waals surface area contributed by atoms with Gasteiger partial charge in [-0.3, -0.25) is 4.90 Å². The van der Waals surface area contributed by atoms with Crippen molar-refractivity contribution >= 4 is 11.3 Å². The van der Waals surface area contributed by atoms with Crippen molar-refractivity contribution in [3.8, 4) is 0 Å². The fourth-order valence-electron chi connectivity index (χ4n) is 2.44. The topological polar surface area (TPSA) is 42.2 Å². The summed E-state index contributed by atoms with van der Waals surface area (Å²) in [6.07, 6.45) is 5.45. The van der Waals surface area contributed by atoms with Gasteiger partial charge in [0.1, 0.15) is 5.01 Å². The van der Waals surface area contributed by atoms with Crippen LogP contribution in [0.2, 0.25) is 0 Å². The molecule has 1 atom stereocenters. The van der Waals surface area contributed by atoms with Gasteiger partial charge >= 0.3 is 0 Å².